The summed E-state index contributed by atoms with van der Waals surface area (Å²) in [7, 11) is 3.13. The van der Waals surface area contributed by atoms with Gasteiger partial charge in [0.2, 0.25) is 5.91 Å². The van der Waals surface area contributed by atoms with Crippen molar-refractivity contribution in [1.29, 1.82) is 0 Å². The van der Waals surface area contributed by atoms with E-state index in [4.69, 9.17) is 14.6 Å². The number of amides is 1. The van der Waals surface area contributed by atoms with Crippen LogP contribution in [-0.4, -0.2) is 37.2 Å². The Hall–Kier alpha value is -2.24. The third-order valence-electron chi connectivity index (χ3n) is 3.01. The van der Waals surface area contributed by atoms with Gasteiger partial charge in [0.15, 0.2) is 0 Å². The fourth-order valence-electron chi connectivity index (χ4n) is 2.08. The Labute approximate surface area is 124 Å². The lowest BCUT2D eigenvalue weighted by atomic mass is 10.0. The minimum Gasteiger partial charge on any atom is -0.497 e. The van der Waals surface area contributed by atoms with Crippen LogP contribution in [0.15, 0.2) is 18.2 Å². The Morgan fingerprint density at radius 1 is 1.19 bits per heavy atom. The van der Waals surface area contributed by atoms with Crippen molar-refractivity contribution in [3.05, 3.63) is 23.8 Å². The van der Waals surface area contributed by atoms with E-state index in [0.29, 0.717) is 24.3 Å². The number of hydrogen-bond acceptors (Lipinski definition) is 4. The van der Waals surface area contributed by atoms with E-state index in [1.54, 1.807) is 20.3 Å². The van der Waals surface area contributed by atoms with Gasteiger partial charge < -0.3 is 19.9 Å². The summed E-state index contributed by atoms with van der Waals surface area (Å²) in [5, 5.41) is 11.5. The molecule has 1 unspecified atom stereocenters. The number of hydrogen-bond donors (Lipinski definition) is 2. The zero-order valence-corrected chi connectivity index (χ0v) is 12.5. The third-order valence-corrected chi connectivity index (χ3v) is 3.01. The van der Waals surface area contributed by atoms with Crippen molar-refractivity contribution in [1.82, 2.24) is 5.32 Å². The average molecular weight is 295 g/mol. The topological polar surface area (TPSA) is 84.9 Å². The molecule has 116 valence electrons. The first-order valence-electron chi connectivity index (χ1n) is 6.65. The van der Waals surface area contributed by atoms with Crippen LogP contribution >= 0.6 is 0 Å². The zero-order chi connectivity index (χ0) is 15.8. The van der Waals surface area contributed by atoms with Crippen LogP contribution in [0, 0.1) is 0 Å². The summed E-state index contributed by atoms with van der Waals surface area (Å²) in [4.78, 5) is 21.9. The number of aliphatic carboxylic acids is 1. The molecule has 0 heterocycles. The standard InChI is InChI=1S/C15H21NO5/c1-10(17)16-12(4-5-15(18)19)6-11-7-13(20-2)9-14(8-11)21-3/h7-9,12H,4-6H2,1-3H3,(H,16,17)(H,18,19). The highest BCUT2D eigenvalue weighted by atomic mass is 16.5. The smallest absolute Gasteiger partial charge is 0.303 e. The second kappa shape index (κ2) is 8.14. The van der Waals surface area contributed by atoms with Gasteiger partial charge in [0.1, 0.15) is 11.5 Å². The molecule has 6 nitrogen and oxygen atoms in total. The molecule has 1 amide bonds. The molecular weight excluding hydrogens is 274 g/mol. The van der Waals surface area contributed by atoms with E-state index in [0.717, 1.165) is 5.56 Å². The molecule has 21 heavy (non-hydrogen) atoms. The highest BCUT2D eigenvalue weighted by molar-refractivity contribution is 5.73. The Morgan fingerprint density at radius 3 is 2.19 bits per heavy atom. The van der Waals surface area contributed by atoms with Gasteiger partial charge in [-0.3, -0.25) is 9.59 Å². The molecule has 1 aromatic carbocycles. The molecule has 0 aliphatic carbocycles. The highest BCUT2D eigenvalue weighted by Crippen LogP contribution is 2.23. The van der Waals surface area contributed by atoms with Gasteiger partial charge in [-0.05, 0) is 30.5 Å². The van der Waals surface area contributed by atoms with Crippen molar-refractivity contribution in [2.75, 3.05) is 14.2 Å². The molecule has 1 atom stereocenters. The summed E-state index contributed by atoms with van der Waals surface area (Å²) in [6.45, 7) is 1.42. The molecule has 0 bridgehead atoms. The molecule has 1 rings (SSSR count). The molecule has 0 radical (unpaired) electrons. The van der Waals surface area contributed by atoms with E-state index in [9.17, 15) is 9.59 Å². The quantitative estimate of drug-likeness (QED) is 0.761. The molecule has 2 N–H and O–H groups in total. The van der Waals surface area contributed by atoms with Crippen LogP contribution in [0.3, 0.4) is 0 Å². The van der Waals surface area contributed by atoms with Gasteiger partial charge in [-0.2, -0.15) is 0 Å². The number of carboxylic acids is 1. The van der Waals surface area contributed by atoms with E-state index in [1.165, 1.54) is 6.92 Å². The van der Waals surface area contributed by atoms with Gasteiger partial charge in [0.25, 0.3) is 0 Å². The van der Waals surface area contributed by atoms with Gasteiger partial charge >= 0.3 is 5.97 Å². The number of carbonyl (C=O) groups is 2. The first-order valence-corrected chi connectivity index (χ1v) is 6.65. The summed E-state index contributed by atoms with van der Waals surface area (Å²) < 4.78 is 10.4. The van der Waals surface area contributed by atoms with Gasteiger partial charge in [-0.25, -0.2) is 0 Å². The summed E-state index contributed by atoms with van der Waals surface area (Å²) >= 11 is 0. The van der Waals surface area contributed by atoms with Crippen molar-refractivity contribution in [3.8, 4) is 11.5 Å². The molecule has 0 saturated carbocycles. The normalized spacial score (nSPS) is 11.6. The minimum atomic E-state index is -0.881. The van der Waals surface area contributed by atoms with Crippen molar-refractivity contribution < 1.29 is 24.2 Å². The number of benzene rings is 1. The van der Waals surface area contributed by atoms with E-state index in [-0.39, 0.29) is 18.4 Å². The number of methoxy groups -OCH3 is 2. The van der Waals surface area contributed by atoms with E-state index < -0.39 is 5.97 Å². The molecule has 0 aliphatic rings. The molecular formula is C15H21NO5. The SMILES string of the molecule is COc1cc(CC(CCC(=O)O)NC(C)=O)cc(OC)c1. The lowest BCUT2D eigenvalue weighted by molar-refractivity contribution is -0.137. The van der Waals surface area contributed by atoms with Gasteiger partial charge in [-0.1, -0.05) is 0 Å². The van der Waals surface area contributed by atoms with E-state index in [1.807, 2.05) is 12.1 Å². The van der Waals surface area contributed by atoms with Gasteiger partial charge in [0.05, 0.1) is 14.2 Å². The predicted molar refractivity (Wildman–Crippen MR) is 77.7 cm³/mol. The molecule has 0 aromatic heterocycles. The van der Waals surface area contributed by atoms with Crippen molar-refractivity contribution in [2.45, 2.75) is 32.2 Å². The summed E-state index contributed by atoms with van der Waals surface area (Å²) in [6.07, 6.45) is 0.890. The molecule has 0 saturated heterocycles. The first-order chi connectivity index (χ1) is 9.94. The first kappa shape index (κ1) is 16.8. The minimum absolute atomic E-state index is 0.00600. The maximum Gasteiger partial charge on any atom is 0.303 e. The van der Waals surface area contributed by atoms with Crippen molar-refractivity contribution in [2.24, 2.45) is 0 Å². The summed E-state index contributed by atoms with van der Waals surface area (Å²) in [5.74, 6) is 0.252. The number of carboxylic acid groups (broad SMARTS) is 1. The average Bonchev–Trinajstić information content (AvgIpc) is 2.43. The van der Waals surface area contributed by atoms with Crippen LogP contribution < -0.4 is 14.8 Å². The number of nitrogens with one attached hydrogen (secondary N) is 1. The molecule has 0 spiro atoms. The summed E-state index contributed by atoms with van der Waals surface area (Å²) in [6, 6.07) is 5.21. The monoisotopic (exact) mass is 295 g/mol. The second-order valence-electron chi connectivity index (χ2n) is 4.75. The Morgan fingerprint density at radius 2 is 1.76 bits per heavy atom. The van der Waals surface area contributed by atoms with Crippen LogP contribution in [0.25, 0.3) is 0 Å². The highest BCUT2D eigenvalue weighted by Gasteiger charge is 2.14. The zero-order valence-electron chi connectivity index (χ0n) is 12.5. The Kier molecular flexibility index (Phi) is 6.52. The fourth-order valence-corrected chi connectivity index (χ4v) is 2.08. The number of rotatable bonds is 8. The molecule has 0 fully saturated rings. The van der Waals surface area contributed by atoms with Crippen LogP contribution in [0.2, 0.25) is 0 Å². The lowest BCUT2D eigenvalue weighted by Gasteiger charge is -2.18. The number of ether oxygens (including phenoxy) is 2. The predicted octanol–water partition coefficient (Wildman–Crippen LogP) is 1.62. The number of carbonyl (C=O) groups excluding carboxylic acids is 1. The maximum absolute atomic E-state index is 11.2. The van der Waals surface area contributed by atoms with Crippen molar-refractivity contribution >= 4 is 11.9 Å². The van der Waals surface area contributed by atoms with Gasteiger partial charge in [-0.15, -0.1) is 0 Å². The molecule has 0 aliphatic heterocycles. The van der Waals surface area contributed by atoms with E-state index in [2.05, 4.69) is 5.32 Å². The molecule has 1 aromatic rings. The van der Waals surface area contributed by atoms with Crippen LogP contribution in [-0.2, 0) is 16.0 Å². The Bertz CT molecular complexity index is 479. The lowest BCUT2D eigenvalue weighted by Crippen LogP contribution is -2.35. The van der Waals surface area contributed by atoms with Crippen LogP contribution in [0.5, 0.6) is 11.5 Å². The van der Waals surface area contributed by atoms with Gasteiger partial charge in [0, 0.05) is 25.5 Å². The maximum atomic E-state index is 11.2. The fraction of sp³-hybridized carbons (Fsp3) is 0.467. The van der Waals surface area contributed by atoms with Crippen molar-refractivity contribution in [3.63, 3.8) is 0 Å². The van der Waals surface area contributed by atoms with E-state index >= 15 is 0 Å². The largest absolute Gasteiger partial charge is 0.497 e. The third kappa shape index (κ3) is 6.16. The van der Waals surface area contributed by atoms with Crippen LogP contribution in [0.4, 0.5) is 0 Å². The molecule has 6 heteroatoms. The van der Waals surface area contributed by atoms with Crippen LogP contribution in [0.1, 0.15) is 25.3 Å². The second-order valence-corrected chi connectivity index (χ2v) is 4.75. The summed E-state index contributed by atoms with van der Waals surface area (Å²) in [5.41, 5.74) is 0.912. The Balaban J connectivity index is 2.85.